The molecule has 0 bridgehead atoms. The third-order valence-corrected chi connectivity index (χ3v) is 3.44. The molecule has 4 N–H and O–H groups in total. The maximum Gasteiger partial charge on any atom is 0.319 e. The van der Waals surface area contributed by atoms with Crippen molar-refractivity contribution < 1.29 is 14.3 Å². The van der Waals surface area contributed by atoms with Gasteiger partial charge in [0.05, 0.1) is 25.0 Å². The Labute approximate surface area is 140 Å². The number of urea groups is 1. The smallest absolute Gasteiger partial charge is 0.319 e. The second kappa shape index (κ2) is 8.00. The number of nitrogens with two attached hydrogens (primary N) is 1. The van der Waals surface area contributed by atoms with Crippen LogP contribution in [0.25, 0.3) is 0 Å². The van der Waals surface area contributed by atoms with E-state index < -0.39 is 5.91 Å². The van der Waals surface area contributed by atoms with Gasteiger partial charge < -0.3 is 21.1 Å². The van der Waals surface area contributed by atoms with Crippen LogP contribution >= 0.6 is 0 Å². The molecule has 1 unspecified atom stereocenters. The number of benzene rings is 1. The topological polar surface area (TPSA) is 111 Å². The molecule has 0 saturated carbocycles. The van der Waals surface area contributed by atoms with Crippen molar-refractivity contribution in [3.05, 3.63) is 42.2 Å². The van der Waals surface area contributed by atoms with Gasteiger partial charge in [-0.05, 0) is 12.5 Å². The van der Waals surface area contributed by atoms with Gasteiger partial charge in [-0.25, -0.2) is 4.79 Å². The number of ether oxygens (including phenoxy) is 1. The van der Waals surface area contributed by atoms with Crippen LogP contribution in [-0.4, -0.2) is 28.8 Å². The van der Waals surface area contributed by atoms with E-state index in [-0.39, 0.29) is 18.6 Å². The van der Waals surface area contributed by atoms with Crippen LogP contribution in [0.2, 0.25) is 0 Å². The highest BCUT2D eigenvalue weighted by molar-refractivity contribution is 5.89. The quantitative estimate of drug-likeness (QED) is 0.716. The Hall–Kier alpha value is -3.03. The molecule has 1 heterocycles. The zero-order valence-electron chi connectivity index (χ0n) is 13.7. The van der Waals surface area contributed by atoms with Crippen molar-refractivity contribution in [2.24, 2.45) is 5.73 Å². The van der Waals surface area contributed by atoms with Gasteiger partial charge in [0.15, 0.2) is 0 Å². The summed E-state index contributed by atoms with van der Waals surface area (Å²) >= 11 is 0. The summed E-state index contributed by atoms with van der Waals surface area (Å²) in [6.45, 7) is 1.93. The number of para-hydroxylation sites is 1. The molecule has 2 rings (SSSR count). The van der Waals surface area contributed by atoms with Crippen LogP contribution < -0.4 is 21.1 Å². The number of nitrogens with zero attached hydrogens (tertiary/aromatic N) is 2. The molecular weight excluding hydrogens is 310 g/mol. The van der Waals surface area contributed by atoms with Gasteiger partial charge in [0, 0.05) is 11.8 Å². The molecule has 128 valence electrons. The highest BCUT2D eigenvalue weighted by Gasteiger charge is 2.16. The van der Waals surface area contributed by atoms with Gasteiger partial charge in [-0.3, -0.25) is 9.48 Å². The highest BCUT2D eigenvalue weighted by atomic mass is 16.5. The van der Waals surface area contributed by atoms with Crippen molar-refractivity contribution in [2.45, 2.75) is 25.9 Å². The number of amides is 3. The van der Waals surface area contributed by atoms with Crippen molar-refractivity contribution in [1.29, 1.82) is 0 Å². The van der Waals surface area contributed by atoms with Crippen LogP contribution in [0.4, 0.5) is 10.5 Å². The minimum Gasteiger partial charge on any atom is -0.496 e. The number of aromatic nitrogens is 2. The molecule has 3 amide bonds. The fourth-order valence-electron chi connectivity index (χ4n) is 2.35. The summed E-state index contributed by atoms with van der Waals surface area (Å²) in [7, 11) is 1.60. The molecule has 0 radical (unpaired) electrons. The van der Waals surface area contributed by atoms with E-state index in [0.717, 1.165) is 11.3 Å². The van der Waals surface area contributed by atoms with E-state index >= 15 is 0 Å². The number of hydrogen-bond donors (Lipinski definition) is 3. The molecule has 0 spiro atoms. The number of nitrogens with one attached hydrogen (secondary N) is 2. The van der Waals surface area contributed by atoms with Crippen molar-refractivity contribution in [2.75, 3.05) is 12.4 Å². The Kier molecular flexibility index (Phi) is 5.78. The standard InChI is InChI=1S/C16H21N5O3/c1-3-13(12-6-4-5-7-14(12)24-2)20-16(23)19-11-8-18-21(9-11)10-15(17)22/h4-9,13H,3,10H2,1-2H3,(H2,17,22)(H2,19,20,23). The third kappa shape index (κ3) is 4.48. The highest BCUT2D eigenvalue weighted by Crippen LogP contribution is 2.26. The predicted molar refractivity (Wildman–Crippen MR) is 89.6 cm³/mol. The first kappa shape index (κ1) is 17.3. The van der Waals surface area contributed by atoms with Crippen LogP contribution in [0, 0.1) is 0 Å². The van der Waals surface area contributed by atoms with Crippen LogP contribution in [-0.2, 0) is 11.3 Å². The lowest BCUT2D eigenvalue weighted by atomic mass is 10.0. The van der Waals surface area contributed by atoms with Crippen LogP contribution in [0.1, 0.15) is 24.9 Å². The number of carbonyl (C=O) groups is 2. The zero-order valence-corrected chi connectivity index (χ0v) is 13.7. The summed E-state index contributed by atoms with van der Waals surface area (Å²) in [6.07, 6.45) is 3.69. The molecule has 0 aliphatic rings. The average molecular weight is 331 g/mol. The maximum atomic E-state index is 12.2. The first-order valence-electron chi connectivity index (χ1n) is 7.54. The van der Waals surface area contributed by atoms with Crippen LogP contribution in [0.5, 0.6) is 5.75 Å². The Morgan fingerprint density at radius 3 is 2.79 bits per heavy atom. The average Bonchev–Trinajstić information content (AvgIpc) is 2.98. The van der Waals surface area contributed by atoms with Crippen molar-refractivity contribution in [3.63, 3.8) is 0 Å². The molecule has 0 aliphatic heterocycles. The Morgan fingerprint density at radius 1 is 1.38 bits per heavy atom. The number of carbonyl (C=O) groups excluding carboxylic acids is 2. The summed E-state index contributed by atoms with van der Waals surface area (Å²) in [6, 6.07) is 6.98. The minimum atomic E-state index is -0.503. The van der Waals surface area contributed by atoms with E-state index in [0.29, 0.717) is 12.1 Å². The first-order chi connectivity index (χ1) is 11.5. The predicted octanol–water partition coefficient (Wildman–Crippen LogP) is 1.65. The molecule has 0 fully saturated rings. The summed E-state index contributed by atoms with van der Waals surface area (Å²) < 4.78 is 6.70. The van der Waals surface area contributed by atoms with Crippen molar-refractivity contribution >= 4 is 17.6 Å². The number of rotatable bonds is 7. The molecule has 1 atom stereocenters. The maximum absolute atomic E-state index is 12.2. The van der Waals surface area contributed by atoms with E-state index in [1.807, 2.05) is 31.2 Å². The molecule has 8 nitrogen and oxygen atoms in total. The molecule has 2 aromatic rings. The number of primary amides is 1. The van der Waals surface area contributed by atoms with E-state index in [2.05, 4.69) is 15.7 Å². The molecule has 8 heteroatoms. The van der Waals surface area contributed by atoms with Gasteiger partial charge in [-0.15, -0.1) is 0 Å². The Morgan fingerprint density at radius 2 is 2.12 bits per heavy atom. The van der Waals surface area contributed by atoms with E-state index in [9.17, 15) is 9.59 Å². The van der Waals surface area contributed by atoms with Gasteiger partial charge >= 0.3 is 6.03 Å². The second-order valence-corrected chi connectivity index (χ2v) is 5.19. The van der Waals surface area contributed by atoms with Gasteiger partial charge in [-0.2, -0.15) is 5.10 Å². The fraction of sp³-hybridized carbons (Fsp3) is 0.312. The lowest BCUT2D eigenvalue weighted by molar-refractivity contribution is -0.118. The summed E-state index contributed by atoms with van der Waals surface area (Å²) in [5.74, 6) is 0.218. The van der Waals surface area contributed by atoms with E-state index in [1.54, 1.807) is 7.11 Å². The SMILES string of the molecule is CCC(NC(=O)Nc1cnn(CC(N)=O)c1)c1ccccc1OC. The summed E-state index contributed by atoms with van der Waals surface area (Å²) in [5, 5.41) is 9.53. The normalized spacial score (nSPS) is 11.6. The fourth-order valence-corrected chi connectivity index (χ4v) is 2.35. The van der Waals surface area contributed by atoms with Gasteiger partial charge in [-0.1, -0.05) is 25.1 Å². The minimum absolute atomic E-state index is 0.0396. The van der Waals surface area contributed by atoms with Crippen LogP contribution in [0.15, 0.2) is 36.7 Å². The van der Waals surface area contributed by atoms with Gasteiger partial charge in [0.25, 0.3) is 0 Å². The lowest BCUT2D eigenvalue weighted by Gasteiger charge is -2.19. The first-order valence-corrected chi connectivity index (χ1v) is 7.54. The Balaban J connectivity index is 2.01. The molecule has 1 aromatic heterocycles. The number of hydrogen-bond acceptors (Lipinski definition) is 4. The molecular formula is C16H21N5O3. The molecule has 24 heavy (non-hydrogen) atoms. The molecule has 0 aliphatic carbocycles. The van der Waals surface area contributed by atoms with Gasteiger partial charge in [0.2, 0.25) is 5.91 Å². The summed E-state index contributed by atoms with van der Waals surface area (Å²) in [5.41, 5.74) is 6.48. The second-order valence-electron chi connectivity index (χ2n) is 5.19. The monoisotopic (exact) mass is 331 g/mol. The molecule has 1 aromatic carbocycles. The lowest BCUT2D eigenvalue weighted by Crippen LogP contribution is -2.32. The van der Waals surface area contributed by atoms with Crippen molar-refractivity contribution in [3.8, 4) is 5.75 Å². The van der Waals surface area contributed by atoms with Crippen molar-refractivity contribution in [1.82, 2.24) is 15.1 Å². The summed E-state index contributed by atoms with van der Waals surface area (Å²) in [4.78, 5) is 23.0. The van der Waals surface area contributed by atoms with Gasteiger partial charge in [0.1, 0.15) is 12.3 Å². The molecule has 0 saturated heterocycles. The number of anilines is 1. The third-order valence-electron chi connectivity index (χ3n) is 3.44. The van der Waals surface area contributed by atoms with E-state index in [1.165, 1.54) is 17.1 Å². The largest absolute Gasteiger partial charge is 0.496 e. The Bertz CT molecular complexity index is 713. The van der Waals surface area contributed by atoms with Crippen LogP contribution in [0.3, 0.4) is 0 Å². The zero-order chi connectivity index (χ0) is 17.5. The van der Waals surface area contributed by atoms with E-state index in [4.69, 9.17) is 10.5 Å². The number of methoxy groups -OCH3 is 1.